The highest BCUT2D eigenvalue weighted by atomic mass is 16.6. The monoisotopic (exact) mass is 182 g/mol. The van der Waals surface area contributed by atoms with Crippen LogP contribution in [0.3, 0.4) is 0 Å². The Morgan fingerprint density at radius 1 is 1.15 bits per heavy atom. The van der Waals surface area contributed by atoms with E-state index in [-0.39, 0.29) is 29.6 Å². The first kappa shape index (κ1) is 7.50. The Morgan fingerprint density at radius 2 is 1.85 bits per heavy atom. The molecule has 0 aromatic carbocycles. The second-order valence-corrected chi connectivity index (χ2v) is 4.25. The molecule has 1 aliphatic heterocycles. The number of aliphatic hydroxyl groups is 1. The van der Waals surface area contributed by atoms with E-state index in [9.17, 15) is 14.7 Å². The van der Waals surface area contributed by atoms with Crippen molar-refractivity contribution in [1.29, 1.82) is 0 Å². The lowest BCUT2D eigenvalue weighted by Gasteiger charge is -2.23. The van der Waals surface area contributed by atoms with Gasteiger partial charge in [-0.2, -0.15) is 0 Å². The van der Waals surface area contributed by atoms with Crippen molar-refractivity contribution in [2.75, 3.05) is 0 Å². The summed E-state index contributed by atoms with van der Waals surface area (Å²) in [5.41, 5.74) is 0. The highest BCUT2D eigenvalue weighted by molar-refractivity contribution is 5.97. The number of ether oxygens (including phenoxy) is 1. The minimum atomic E-state index is -0.416. The van der Waals surface area contributed by atoms with E-state index >= 15 is 0 Å². The molecule has 5 unspecified atom stereocenters. The van der Waals surface area contributed by atoms with E-state index < -0.39 is 12.1 Å². The van der Waals surface area contributed by atoms with Gasteiger partial charge in [0, 0.05) is 0 Å². The van der Waals surface area contributed by atoms with Crippen LogP contribution in [0.15, 0.2) is 0 Å². The quantitative estimate of drug-likeness (QED) is 0.413. The third kappa shape index (κ3) is 0.746. The van der Waals surface area contributed by atoms with Crippen molar-refractivity contribution in [2.24, 2.45) is 23.7 Å². The zero-order chi connectivity index (χ0) is 9.16. The molecule has 0 aromatic rings. The number of esters is 2. The van der Waals surface area contributed by atoms with E-state index in [1.807, 2.05) is 0 Å². The van der Waals surface area contributed by atoms with Gasteiger partial charge in [0.05, 0.1) is 17.9 Å². The minimum absolute atomic E-state index is 0.0195. The SMILES string of the molecule is O=C1OC(=O)C2C3CC(CC3O)C12. The van der Waals surface area contributed by atoms with Crippen LogP contribution < -0.4 is 0 Å². The zero-order valence-corrected chi connectivity index (χ0v) is 6.97. The molecule has 3 fully saturated rings. The summed E-state index contributed by atoms with van der Waals surface area (Å²) in [6.45, 7) is 0. The van der Waals surface area contributed by atoms with Crippen molar-refractivity contribution < 1.29 is 19.4 Å². The molecule has 70 valence electrons. The van der Waals surface area contributed by atoms with Gasteiger partial charge in [0.1, 0.15) is 0 Å². The van der Waals surface area contributed by atoms with Crippen molar-refractivity contribution in [2.45, 2.75) is 18.9 Å². The molecule has 2 saturated carbocycles. The molecular weight excluding hydrogens is 172 g/mol. The van der Waals surface area contributed by atoms with Crippen LogP contribution in [0.1, 0.15) is 12.8 Å². The fourth-order valence-electron chi connectivity index (χ4n) is 3.22. The average molecular weight is 182 g/mol. The molecule has 4 nitrogen and oxygen atoms in total. The molecule has 5 atom stereocenters. The molecular formula is C9H10O4. The lowest BCUT2D eigenvalue weighted by atomic mass is 9.80. The van der Waals surface area contributed by atoms with Gasteiger partial charge in [-0.3, -0.25) is 9.59 Å². The van der Waals surface area contributed by atoms with Crippen molar-refractivity contribution in [3.8, 4) is 0 Å². The van der Waals surface area contributed by atoms with E-state index in [2.05, 4.69) is 4.74 Å². The van der Waals surface area contributed by atoms with Crippen LogP contribution in [0.4, 0.5) is 0 Å². The maximum Gasteiger partial charge on any atom is 0.317 e. The normalized spacial score (nSPS) is 52.5. The molecule has 0 amide bonds. The second-order valence-electron chi connectivity index (χ2n) is 4.25. The first-order valence-electron chi connectivity index (χ1n) is 4.62. The zero-order valence-electron chi connectivity index (χ0n) is 6.97. The molecule has 2 aliphatic carbocycles. The van der Waals surface area contributed by atoms with Crippen molar-refractivity contribution >= 4 is 11.9 Å². The smallest absolute Gasteiger partial charge is 0.317 e. The van der Waals surface area contributed by atoms with Gasteiger partial charge in [0.15, 0.2) is 0 Å². The second kappa shape index (κ2) is 2.12. The summed E-state index contributed by atoms with van der Waals surface area (Å²) < 4.78 is 4.57. The third-order valence-electron chi connectivity index (χ3n) is 3.71. The van der Waals surface area contributed by atoms with Crippen molar-refractivity contribution in [3.05, 3.63) is 0 Å². The molecule has 13 heavy (non-hydrogen) atoms. The Bertz CT molecular complexity index is 298. The lowest BCUT2D eigenvalue weighted by Crippen LogP contribution is -2.32. The number of fused-ring (bicyclic) bond motifs is 5. The summed E-state index contributed by atoms with van der Waals surface area (Å²) in [5, 5.41) is 9.55. The Balaban J connectivity index is 2.00. The van der Waals surface area contributed by atoms with Gasteiger partial charge in [0.2, 0.25) is 0 Å². The van der Waals surface area contributed by atoms with Crippen LogP contribution in [0.5, 0.6) is 0 Å². The van der Waals surface area contributed by atoms with Crippen LogP contribution in [-0.2, 0) is 14.3 Å². The predicted molar refractivity (Wildman–Crippen MR) is 40.3 cm³/mol. The van der Waals surface area contributed by atoms with Gasteiger partial charge in [-0.25, -0.2) is 0 Å². The predicted octanol–water partition coefficient (Wildman–Crippen LogP) is -0.297. The Labute approximate surface area is 74.9 Å². The largest absolute Gasteiger partial charge is 0.393 e. The Morgan fingerprint density at radius 3 is 2.62 bits per heavy atom. The van der Waals surface area contributed by atoms with Gasteiger partial charge < -0.3 is 9.84 Å². The van der Waals surface area contributed by atoms with Gasteiger partial charge in [-0.1, -0.05) is 0 Å². The van der Waals surface area contributed by atoms with Crippen LogP contribution in [0.25, 0.3) is 0 Å². The van der Waals surface area contributed by atoms with Gasteiger partial charge in [-0.15, -0.1) is 0 Å². The summed E-state index contributed by atoms with van der Waals surface area (Å²) in [6.07, 6.45) is 1.08. The Kier molecular flexibility index (Phi) is 1.22. The summed E-state index contributed by atoms with van der Waals surface area (Å²) in [7, 11) is 0. The van der Waals surface area contributed by atoms with Gasteiger partial charge >= 0.3 is 11.9 Å². The molecule has 1 N–H and O–H groups in total. The molecule has 0 radical (unpaired) electrons. The molecule has 2 bridgehead atoms. The molecule has 1 saturated heterocycles. The standard InChI is InChI=1S/C9H10O4/c10-5-2-3-1-4(5)7-6(3)8(11)13-9(7)12/h3-7,10H,1-2H2. The number of hydrogen-bond acceptors (Lipinski definition) is 4. The van der Waals surface area contributed by atoms with Crippen LogP contribution >= 0.6 is 0 Å². The first-order chi connectivity index (χ1) is 6.18. The molecule has 0 spiro atoms. The maximum absolute atomic E-state index is 11.2. The number of aliphatic hydroxyl groups excluding tert-OH is 1. The molecule has 3 aliphatic rings. The van der Waals surface area contributed by atoms with E-state index in [1.165, 1.54) is 0 Å². The van der Waals surface area contributed by atoms with E-state index in [0.717, 1.165) is 6.42 Å². The lowest BCUT2D eigenvalue weighted by molar-refractivity contribution is -0.154. The summed E-state index contributed by atoms with van der Waals surface area (Å²) in [4.78, 5) is 22.5. The van der Waals surface area contributed by atoms with Crippen molar-refractivity contribution in [3.63, 3.8) is 0 Å². The minimum Gasteiger partial charge on any atom is -0.393 e. The van der Waals surface area contributed by atoms with Gasteiger partial charge in [0.25, 0.3) is 0 Å². The fraction of sp³-hybridized carbons (Fsp3) is 0.778. The summed E-state index contributed by atoms with van der Waals surface area (Å²) >= 11 is 0. The number of cyclic esters (lactones) is 2. The number of hydrogen-bond donors (Lipinski definition) is 1. The number of carbonyl (C=O) groups excluding carboxylic acids is 2. The van der Waals surface area contributed by atoms with Crippen LogP contribution in [0.2, 0.25) is 0 Å². The van der Waals surface area contributed by atoms with Crippen molar-refractivity contribution in [1.82, 2.24) is 0 Å². The third-order valence-corrected chi connectivity index (χ3v) is 3.71. The topological polar surface area (TPSA) is 63.6 Å². The highest BCUT2D eigenvalue weighted by Gasteiger charge is 2.62. The summed E-state index contributed by atoms with van der Waals surface area (Å²) in [6, 6.07) is 0. The molecule has 4 heteroatoms. The van der Waals surface area contributed by atoms with E-state index in [4.69, 9.17) is 0 Å². The number of carbonyl (C=O) groups is 2. The van der Waals surface area contributed by atoms with Crippen LogP contribution in [0, 0.1) is 23.7 Å². The van der Waals surface area contributed by atoms with Crippen LogP contribution in [-0.4, -0.2) is 23.1 Å². The maximum atomic E-state index is 11.2. The van der Waals surface area contributed by atoms with E-state index in [0.29, 0.717) is 6.42 Å². The molecule has 0 aromatic heterocycles. The fourth-order valence-corrected chi connectivity index (χ4v) is 3.22. The average Bonchev–Trinajstić information content (AvgIpc) is 2.64. The van der Waals surface area contributed by atoms with E-state index in [1.54, 1.807) is 0 Å². The first-order valence-corrected chi connectivity index (χ1v) is 4.62. The highest BCUT2D eigenvalue weighted by Crippen LogP contribution is 2.55. The number of rotatable bonds is 0. The van der Waals surface area contributed by atoms with Gasteiger partial charge in [-0.05, 0) is 24.7 Å². The molecule has 3 rings (SSSR count). The summed E-state index contributed by atoms with van der Waals surface area (Å²) in [5.74, 6) is -1.18. The molecule has 1 heterocycles. The Hall–Kier alpha value is -0.900.